The number of para-hydroxylation sites is 1. The van der Waals surface area contributed by atoms with E-state index in [-0.39, 0.29) is 6.03 Å². The van der Waals surface area contributed by atoms with Gasteiger partial charge >= 0.3 is 6.03 Å². The zero-order valence-electron chi connectivity index (χ0n) is 14.5. The highest BCUT2D eigenvalue weighted by Crippen LogP contribution is 2.16. The van der Waals surface area contributed by atoms with Crippen LogP contribution in [0, 0.1) is 5.92 Å². The van der Waals surface area contributed by atoms with Gasteiger partial charge in [-0.25, -0.2) is 4.79 Å². The maximum Gasteiger partial charge on any atom is 0.317 e. The molecule has 0 aliphatic carbocycles. The van der Waals surface area contributed by atoms with E-state index in [0.29, 0.717) is 6.54 Å². The van der Waals surface area contributed by atoms with Crippen LogP contribution in [0.4, 0.5) is 4.79 Å². The number of ether oxygens (including phenoxy) is 1. The number of rotatable bonds is 6. The molecule has 128 valence electrons. The topological polar surface area (TPSA) is 44.8 Å². The number of piperazine rings is 1. The minimum absolute atomic E-state index is 0.0133. The number of hydrogen-bond donors (Lipinski definition) is 1. The van der Waals surface area contributed by atoms with Gasteiger partial charge in [-0.2, -0.15) is 0 Å². The zero-order valence-corrected chi connectivity index (χ0v) is 14.5. The number of nitrogens with zero attached hydrogens (tertiary/aromatic N) is 2. The molecule has 23 heavy (non-hydrogen) atoms. The summed E-state index contributed by atoms with van der Waals surface area (Å²) in [6.45, 7) is 9.67. The van der Waals surface area contributed by atoms with Gasteiger partial charge < -0.3 is 15.0 Å². The van der Waals surface area contributed by atoms with Gasteiger partial charge in [0.25, 0.3) is 0 Å². The second-order valence-corrected chi connectivity index (χ2v) is 6.48. The van der Waals surface area contributed by atoms with Gasteiger partial charge in [0.1, 0.15) is 5.75 Å². The van der Waals surface area contributed by atoms with Gasteiger partial charge in [-0.3, -0.25) is 4.90 Å². The fraction of sp³-hybridized carbons (Fsp3) is 0.611. The molecule has 1 N–H and O–H groups in total. The average Bonchev–Trinajstić information content (AvgIpc) is 2.58. The van der Waals surface area contributed by atoms with Crippen LogP contribution >= 0.6 is 0 Å². The normalized spacial score (nSPS) is 15.7. The van der Waals surface area contributed by atoms with Gasteiger partial charge in [-0.15, -0.1) is 0 Å². The fourth-order valence-corrected chi connectivity index (χ4v) is 2.75. The Morgan fingerprint density at radius 1 is 1.22 bits per heavy atom. The van der Waals surface area contributed by atoms with E-state index >= 15 is 0 Å². The summed E-state index contributed by atoms with van der Waals surface area (Å²) in [6.07, 6.45) is 1.22. The number of nitrogens with one attached hydrogen (secondary N) is 1. The number of hydrogen-bond acceptors (Lipinski definition) is 3. The summed E-state index contributed by atoms with van der Waals surface area (Å²) < 4.78 is 5.31. The molecule has 1 saturated heterocycles. The van der Waals surface area contributed by atoms with Crippen molar-refractivity contribution >= 4 is 6.03 Å². The quantitative estimate of drug-likeness (QED) is 0.876. The Labute approximate surface area is 139 Å². The lowest BCUT2D eigenvalue weighted by atomic mass is 10.1. The SMILES string of the molecule is COc1ccccc1CNC(=O)N1CCN(CCC(C)C)CC1. The molecular formula is C18H29N3O2. The molecule has 5 heteroatoms. The first kappa shape index (κ1) is 17.6. The first-order valence-corrected chi connectivity index (χ1v) is 8.47. The number of urea groups is 1. The molecule has 0 aromatic heterocycles. The maximum atomic E-state index is 12.3. The molecule has 5 nitrogen and oxygen atoms in total. The standard InChI is InChI=1S/C18H29N3O2/c1-15(2)8-9-20-10-12-21(13-11-20)18(22)19-14-16-6-4-5-7-17(16)23-3/h4-7,15H,8-14H2,1-3H3,(H,19,22). The van der Waals surface area contributed by atoms with Crippen LogP contribution in [0.1, 0.15) is 25.8 Å². The van der Waals surface area contributed by atoms with Crippen molar-refractivity contribution in [3.8, 4) is 5.75 Å². The Bertz CT molecular complexity index is 497. The molecule has 1 aromatic carbocycles. The summed E-state index contributed by atoms with van der Waals surface area (Å²) >= 11 is 0. The van der Waals surface area contributed by atoms with Crippen LogP contribution in [0.3, 0.4) is 0 Å². The number of carbonyl (C=O) groups is 1. The van der Waals surface area contributed by atoms with Gasteiger partial charge in [0.05, 0.1) is 7.11 Å². The average molecular weight is 319 g/mol. The number of methoxy groups -OCH3 is 1. The molecule has 0 unspecified atom stereocenters. The van der Waals surface area contributed by atoms with Crippen LogP contribution in [0.2, 0.25) is 0 Å². The monoisotopic (exact) mass is 319 g/mol. The lowest BCUT2D eigenvalue weighted by Crippen LogP contribution is -2.51. The molecule has 0 atom stereocenters. The van der Waals surface area contributed by atoms with Crippen molar-refractivity contribution in [2.24, 2.45) is 5.92 Å². The van der Waals surface area contributed by atoms with Gasteiger partial charge in [0.15, 0.2) is 0 Å². The molecule has 0 radical (unpaired) electrons. The van der Waals surface area contributed by atoms with E-state index in [0.717, 1.165) is 50.0 Å². The summed E-state index contributed by atoms with van der Waals surface area (Å²) in [7, 11) is 1.65. The zero-order chi connectivity index (χ0) is 16.7. The summed E-state index contributed by atoms with van der Waals surface area (Å²) in [5.41, 5.74) is 0.999. The van der Waals surface area contributed by atoms with E-state index in [4.69, 9.17) is 4.74 Å². The third-order valence-electron chi connectivity index (χ3n) is 4.30. The molecule has 2 amide bonds. The van der Waals surface area contributed by atoms with Crippen molar-refractivity contribution in [1.29, 1.82) is 0 Å². The predicted molar refractivity (Wildman–Crippen MR) is 92.7 cm³/mol. The molecule has 1 aromatic rings. The molecule has 0 spiro atoms. The van der Waals surface area contributed by atoms with Crippen LogP contribution in [0.25, 0.3) is 0 Å². The van der Waals surface area contributed by atoms with Crippen molar-refractivity contribution in [3.63, 3.8) is 0 Å². The van der Waals surface area contributed by atoms with Crippen LogP contribution in [-0.2, 0) is 6.54 Å². The number of carbonyl (C=O) groups excluding carboxylic acids is 1. The van der Waals surface area contributed by atoms with Crippen molar-refractivity contribution in [1.82, 2.24) is 15.1 Å². The van der Waals surface area contributed by atoms with Gasteiger partial charge in [-0.05, 0) is 24.9 Å². The Hall–Kier alpha value is -1.75. The number of amides is 2. The second kappa shape index (κ2) is 8.77. The first-order valence-electron chi connectivity index (χ1n) is 8.47. The smallest absolute Gasteiger partial charge is 0.317 e. The van der Waals surface area contributed by atoms with Crippen LogP contribution < -0.4 is 10.1 Å². The lowest BCUT2D eigenvalue weighted by Gasteiger charge is -2.35. The Balaban J connectivity index is 1.75. The molecule has 2 rings (SSSR count). The van der Waals surface area contributed by atoms with Crippen LogP contribution in [-0.4, -0.2) is 55.7 Å². The van der Waals surface area contributed by atoms with E-state index in [1.54, 1.807) is 7.11 Å². The largest absolute Gasteiger partial charge is 0.496 e. The third-order valence-corrected chi connectivity index (χ3v) is 4.30. The highest BCUT2D eigenvalue weighted by Gasteiger charge is 2.20. The molecular weight excluding hydrogens is 290 g/mol. The van der Waals surface area contributed by atoms with Gasteiger partial charge in [-0.1, -0.05) is 32.0 Å². The van der Waals surface area contributed by atoms with Crippen molar-refractivity contribution in [2.45, 2.75) is 26.8 Å². The van der Waals surface area contributed by atoms with E-state index in [9.17, 15) is 4.79 Å². The molecule has 1 heterocycles. The van der Waals surface area contributed by atoms with Crippen molar-refractivity contribution in [3.05, 3.63) is 29.8 Å². The maximum absolute atomic E-state index is 12.3. The van der Waals surface area contributed by atoms with Gasteiger partial charge in [0, 0.05) is 38.3 Å². The molecule has 1 aliphatic heterocycles. The lowest BCUT2D eigenvalue weighted by molar-refractivity contribution is 0.135. The van der Waals surface area contributed by atoms with E-state index in [1.807, 2.05) is 29.2 Å². The number of benzene rings is 1. The highest BCUT2D eigenvalue weighted by atomic mass is 16.5. The van der Waals surface area contributed by atoms with Crippen molar-refractivity contribution < 1.29 is 9.53 Å². The first-order chi connectivity index (χ1) is 11.1. The minimum atomic E-state index is 0.0133. The Kier molecular flexibility index (Phi) is 6.71. The Morgan fingerprint density at radius 3 is 2.57 bits per heavy atom. The predicted octanol–water partition coefficient (Wildman–Crippen LogP) is 2.57. The van der Waals surface area contributed by atoms with Crippen LogP contribution in [0.5, 0.6) is 5.75 Å². The van der Waals surface area contributed by atoms with E-state index in [2.05, 4.69) is 24.1 Å². The van der Waals surface area contributed by atoms with E-state index in [1.165, 1.54) is 6.42 Å². The molecule has 1 fully saturated rings. The minimum Gasteiger partial charge on any atom is -0.496 e. The molecule has 1 aliphatic rings. The summed E-state index contributed by atoms with van der Waals surface area (Å²) in [5, 5.41) is 3.00. The fourth-order valence-electron chi connectivity index (χ4n) is 2.75. The summed E-state index contributed by atoms with van der Waals surface area (Å²) in [4.78, 5) is 16.7. The van der Waals surface area contributed by atoms with Crippen LogP contribution in [0.15, 0.2) is 24.3 Å². The molecule has 0 saturated carbocycles. The third kappa shape index (κ3) is 5.43. The molecule has 0 bridgehead atoms. The highest BCUT2D eigenvalue weighted by molar-refractivity contribution is 5.74. The second-order valence-electron chi connectivity index (χ2n) is 6.48. The summed E-state index contributed by atoms with van der Waals surface area (Å²) in [6, 6.07) is 7.79. The van der Waals surface area contributed by atoms with Crippen molar-refractivity contribution in [2.75, 3.05) is 39.8 Å². The Morgan fingerprint density at radius 2 is 1.91 bits per heavy atom. The van der Waals surface area contributed by atoms with E-state index < -0.39 is 0 Å². The summed E-state index contributed by atoms with van der Waals surface area (Å²) in [5.74, 6) is 1.54. The van der Waals surface area contributed by atoms with Gasteiger partial charge in [0.2, 0.25) is 0 Å².